The van der Waals surface area contributed by atoms with E-state index in [0.717, 1.165) is 11.5 Å². The second kappa shape index (κ2) is 11.0. The number of benzene rings is 2. The summed E-state index contributed by atoms with van der Waals surface area (Å²) in [4.78, 5) is 10.7. The lowest BCUT2D eigenvalue weighted by molar-refractivity contribution is -0.134. The monoisotopic (exact) mass is 517 g/mol. The van der Waals surface area contributed by atoms with Gasteiger partial charge in [-0.25, -0.2) is 8.42 Å². The predicted molar refractivity (Wildman–Crippen MR) is 123 cm³/mol. The number of carbonyl (C=O) groups is 1. The van der Waals surface area contributed by atoms with Crippen molar-refractivity contribution in [3.8, 4) is 28.7 Å². The number of sulfonamides is 1. The van der Waals surface area contributed by atoms with Gasteiger partial charge in [-0.1, -0.05) is 0 Å². The van der Waals surface area contributed by atoms with Crippen LogP contribution in [0.15, 0.2) is 35.7 Å². The van der Waals surface area contributed by atoms with Gasteiger partial charge >= 0.3 is 16.1 Å². The van der Waals surface area contributed by atoms with Crippen LogP contribution in [0.1, 0.15) is 5.56 Å². The molecule has 0 radical (unpaired) electrons. The standard InChI is InChI=1S/C20H23NO11S2/c1-28-14-10-17(30-3)15(18(11-14)31-4)7-8-33(24,25)21-13-5-6-16(29-2)19(9-13)32-34(26,27)12-20(22)23/h5-11,21H,12H2,1-4H3,(H,22,23). The molecule has 0 fully saturated rings. The summed E-state index contributed by atoms with van der Waals surface area (Å²) in [6, 6.07) is 6.69. The average molecular weight is 518 g/mol. The Bertz CT molecular complexity index is 1260. The normalized spacial score (nSPS) is 11.6. The second-order valence-corrected chi connectivity index (χ2v) is 9.58. The Morgan fingerprint density at radius 3 is 1.97 bits per heavy atom. The molecular formula is C20H23NO11S2. The fraction of sp³-hybridized carbons (Fsp3) is 0.250. The first-order chi connectivity index (χ1) is 15.9. The van der Waals surface area contributed by atoms with Crippen LogP contribution in [0.3, 0.4) is 0 Å². The highest BCUT2D eigenvalue weighted by molar-refractivity contribution is 7.95. The molecule has 0 spiro atoms. The van der Waals surface area contributed by atoms with E-state index < -0.39 is 37.6 Å². The maximum Gasteiger partial charge on any atom is 0.322 e. The van der Waals surface area contributed by atoms with E-state index in [-0.39, 0.29) is 11.4 Å². The Labute approximate surface area is 196 Å². The van der Waals surface area contributed by atoms with Gasteiger partial charge in [0, 0.05) is 18.2 Å². The summed E-state index contributed by atoms with van der Waals surface area (Å²) in [5.74, 6) is -2.33. The molecule has 0 heterocycles. The zero-order chi connectivity index (χ0) is 25.5. The van der Waals surface area contributed by atoms with Gasteiger partial charge in [0.25, 0.3) is 10.0 Å². The predicted octanol–water partition coefficient (Wildman–Crippen LogP) is 1.93. The molecule has 0 aromatic heterocycles. The molecule has 2 aromatic carbocycles. The van der Waals surface area contributed by atoms with Crippen LogP contribution in [0, 0.1) is 0 Å². The number of anilines is 1. The van der Waals surface area contributed by atoms with Crippen molar-refractivity contribution in [3.63, 3.8) is 0 Å². The number of nitrogens with one attached hydrogen (secondary N) is 1. The molecule has 0 aliphatic rings. The average Bonchev–Trinajstić information content (AvgIpc) is 2.75. The van der Waals surface area contributed by atoms with Crippen molar-refractivity contribution in [1.82, 2.24) is 0 Å². The molecule has 0 atom stereocenters. The maximum atomic E-state index is 12.6. The van der Waals surface area contributed by atoms with Gasteiger partial charge in [0.15, 0.2) is 17.3 Å². The van der Waals surface area contributed by atoms with E-state index in [9.17, 15) is 21.6 Å². The minimum atomic E-state index is -4.50. The molecule has 0 aliphatic carbocycles. The third-order valence-electron chi connectivity index (χ3n) is 4.11. The zero-order valence-corrected chi connectivity index (χ0v) is 20.2. The molecule has 34 heavy (non-hydrogen) atoms. The number of hydrogen-bond acceptors (Lipinski definition) is 10. The maximum absolute atomic E-state index is 12.6. The van der Waals surface area contributed by atoms with Gasteiger partial charge in [-0.2, -0.15) is 8.42 Å². The number of carboxylic acids is 1. The van der Waals surface area contributed by atoms with Gasteiger partial charge in [-0.15, -0.1) is 0 Å². The topological polar surface area (TPSA) is 164 Å². The van der Waals surface area contributed by atoms with Crippen LogP contribution in [0.5, 0.6) is 28.7 Å². The Morgan fingerprint density at radius 2 is 1.47 bits per heavy atom. The van der Waals surface area contributed by atoms with E-state index in [1.165, 1.54) is 46.6 Å². The third kappa shape index (κ3) is 7.18. The molecule has 0 saturated heterocycles. The Kier molecular flexibility index (Phi) is 8.59. The fourth-order valence-corrected chi connectivity index (χ4v) is 4.28. The Balaban J connectivity index is 2.35. The zero-order valence-electron chi connectivity index (χ0n) is 18.6. The van der Waals surface area contributed by atoms with Gasteiger partial charge in [0.05, 0.1) is 45.1 Å². The van der Waals surface area contributed by atoms with E-state index >= 15 is 0 Å². The van der Waals surface area contributed by atoms with E-state index in [0.29, 0.717) is 22.8 Å². The molecule has 0 aliphatic heterocycles. The second-order valence-electron chi connectivity index (χ2n) is 6.44. The lowest BCUT2D eigenvalue weighted by Crippen LogP contribution is -2.20. The Hall–Kier alpha value is -3.65. The van der Waals surface area contributed by atoms with Crippen LogP contribution < -0.4 is 27.9 Å². The Morgan fingerprint density at radius 1 is 0.882 bits per heavy atom. The third-order valence-corrected chi connectivity index (χ3v) is 6.16. The summed E-state index contributed by atoms with van der Waals surface area (Å²) in [6.45, 7) is 0. The van der Waals surface area contributed by atoms with Gasteiger partial charge in [0.2, 0.25) is 0 Å². The first-order valence-electron chi connectivity index (χ1n) is 9.26. The molecule has 2 rings (SSSR count). The molecule has 12 nitrogen and oxygen atoms in total. The minimum absolute atomic E-state index is 0.0554. The van der Waals surface area contributed by atoms with E-state index in [1.807, 2.05) is 0 Å². The number of methoxy groups -OCH3 is 4. The van der Waals surface area contributed by atoms with Gasteiger partial charge in [-0.3, -0.25) is 9.52 Å². The van der Waals surface area contributed by atoms with Crippen molar-refractivity contribution >= 4 is 37.9 Å². The highest BCUT2D eigenvalue weighted by atomic mass is 32.2. The van der Waals surface area contributed by atoms with Crippen molar-refractivity contribution in [2.24, 2.45) is 0 Å². The molecule has 2 aromatic rings. The SMILES string of the molecule is COc1cc(OC)c(C=CS(=O)(=O)Nc2ccc(OC)c(OS(=O)(=O)CC(=O)O)c2)c(OC)c1. The summed E-state index contributed by atoms with van der Waals surface area (Å²) in [6.07, 6.45) is 1.25. The minimum Gasteiger partial charge on any atom is -0.496 e. The molecule has 0 saturated carbocycles. The number of ether oxygens (including phenoxy) is 4. The number of carboxylic acid groups (broad SMARTS) is 1. The number of rotatable bonds is 12. The van der Waals surface area contributed by atoms with Gasteiger partial charge in [0.1, 0.15) is 17.2 Å². The number of hydrogen-bond donors (Lipinski definition) is 2. The highest BCUT2D eigenvalue weighted by Gasteiger charge is 2.21. The van der Waals surface area contributed by atoms with Crippen LogP contribution in [-0.2, 0) is 24.9 Å². The van der Waals surface area contributed by atoms with Crippen molar-refractivity contribution in [1.29, 1.82) is 0 Å². The van der Waals surface area contributed by atoms with E-state index in [4.69, 9.17) is 28.2 Å². The van der Waals surface area contributed by atoms with Gasteiger partial charge in [-0.05, 0) is 18.2 Å². The largest absolute Gasteiger partial charge is 0.496 e. The summed E-state index contributed by atoms with van der Waals surface area (Å²) in [5, 5.41) is 9.56. The van der Waals surface area contributed by atoms with E-state index in [2.05, 4.69) is 4.72 Å². The van der Waals surface area contributed by atoms with Crippen LogP contribution in [0.4, 0.5) is 5.69 Å². The van der Waals surface area contributed by atoms with Crippen LogP contribution in [0.25, 0.3) is 6.08 Å². The van der Waals surface area contributed by atoms with Gasteiger partial charge < -0.3 is 28.2 Å². The summed E-state index contributed by atoms with van der Waals surface area (Å²) >= 11 is 0. The highest BCUT2D eigenvalue weighted by Crippen LogP contribution is 2.35. The van der Waals surface area contributed by atoms with Crippen LogP contribution in [-0.4, -0.2) is 62.1 Å². The van der Waals surface area contributed by atoms with Crippen LogP contribution >= 0.6 is 0 Å². The summed E-state index contributed by atoms with van der Waals surface area (Å²) < 4.78 is 76.7. The summed E-state index contributed by atoms with van der Waals surface area (Å²) in [7, 11) is -3.13. The fourth-order valence-electron chi connectivity index (χ4n) is 2.68. The molecule has 0 bridgehead atoms. The van der Waals surface area contributed by atoms with Crippen molar-refractivity contribution in [2.45, 2.75) is 0 Å². The number of aliphatic carboxylic acids is 1. The molecule has 14 heteroatoms. The first-order valence-corrected chi connectivity index (χ1v) is 12.4. The van der Waals surface area contributed by atoms with Crippen molar-refractivity contribution < 1.29 is 49.9 Å². The molecule has 0 amide bonds. The molecule has 2 N–H and O–H groups in total. The van der Waals surface area contributed by atoms with Crippen LogP contribution in [0.2, 0.25) is 0 Å². The molecular weight excluding hydrogens is 494 g/mol. The lowest BCUT2D eigenvalue weighted by Gasteiger charge is -2.13. The molecule has 0 unspecified atom stereocenters. The van der Waals surface area contributed by atoms with Crippen molar-refractivity contribution in [3.05, 3.63) is 41.3 Å². The summed E-state index contributed by atoms with van der Waals surface area (Å²) in [5.41, 5.74) is 0.259. The lowest BCUT2D eigenvalue weighted by atomic mass is 10.1. The van der Waals surface area contributed by atoms with Crippen molar-refractivity contribution in [2.75, 3.05) is 38.9 Å². The quantitative estimate of drug-likeness (QED) is 0.395. The van der Waals surface area contributed by atoms with E-state index in [1.54, 1.807) is 12.1 Å². The molecule has 186 valence electrons. The first kappa shape index (κ1) is 26.6. The smallest absolute Gasteiger partial charge is 0.322 e.